The first-order valence-corrected chi connectivity index (χ1v) is 7.86. The Kier molecular flexibility index (Phi) is 3.90. The average Bonchev–Trinajstić information content (AvgIpc) is 3.11. The van der Waals surface area contributed by atoms with E-state index in [1.165, 1.54) is 31.2 Å². The molecule has 2 aliphatic rings. The third-order valence-corrected chi connectivity index (χ3v) is 4.68. The fraction of sp³-hybridized carbons (Fsp3) is 0.500. The van der Waals surface area contributed by atoms with Crippen LogP contribution in [0.15, 0.2) is 36.4 Å². The zero-order chi connectivity index (χ0) is 13.9. The second-order valence-corrected chi connectivity index (χ2v) is 6.02. The van der Waals surface area contributed by atoms with E-state index < -0.39 is 0 Å². The smallest absolute Gasteiger partial charge is 0.228 e. The summed E-state index contributed by atoms with van der Waals surface area (Å²) in [5.41, 5.74) is 2.23. The number of carbonyl (C=O) groups is 1. The summed E-state index contributed by atoms with van der Waals surface area (Å²) in [6, 6.07) is 8.20. The topological polar surface area (TPSA) is 29.1 Å². The summed E-state index contributed by atoms with van der Waals surface area (Å²) in [7, 11) is 0. The number of benzene rings is 1. The van der Waals surface area contributed by atoms with Gasteiger partial charge in [-0.2, -0.15) is 0 Å². The van der Waals surface area contributed by atoms with Gasteiger partial charge in [0.05, 0.1) is 0 Å². The molecule has 0 spiro atoms. The molecule has 0 aliphatic heterocycles. The lowest BCUT2D eigenvalue weighted by Gasteiger charge is -2.05. The van der Waals surface area contributed by atoms with Gasteiger partial charge in [-0.05, 0) is 55.2 Å². The van der Waals surface area contributed by atoms with Crippen LogP contribution in [0.2, 0.25) is 0 Å². The maximum atomic E-state index is 12.4. The Balaban J connectivity index is 1.62. The third kappa shape index (κ3) is 2.79. The number of hydrogen-bond donors (Lipinski definition) is 1. The molecule has 0 radical (unpaired) electrons. The minimum atomic E-state index is 0.204. The van der Waals surface area contributed by atoms with Crippen LogP contribution in [-0.4, -0.2) is 5.91 Å². The normalized spacial score (nSPS) is 28.1. The monoisotopic (exact) mass is 269 g/mol. The number of nitrogens with one attached hydrogen (secondary N) is 1. The SMILES string of the molecule is CCc1ccc(NC(=O)[C@@H]2[C@@H]3C=CCCCC[C@H]32)cc1. The summed E-state index contributed by atoms with van der Waals surface area (Å²) in [6.07, 6.45) is 10.5. The second kappa shape index (κ2) is 5.82. The van der Waals surface area contributed by atoms with Crippen LogP contribution in [0.5, 0.6) is 0 Å². The predicted octanol–water partition coefficient (Wildman–Crippen LogP) is 4.18. The van der Waals surface area contributed by atoms with E-state index in [1.807, 2.05) is 12.1 Å². The molecular formula is C18H23NO. The number of hydrogen-bond acceptors (Lipinski definition) is 1. The minimum Gasteiger partial charge on any atom is -0.326 e. The van der Waals surface area contributed by atoms with Crippen LogP contribution < -0.4 is 5.32 Å². The number of rotatable bonds is 3. The van der Waals surface area contributed by atoms with Crippen molar-refractivity contribution in [1.29, 1.82) is 0 Å². The van der Waals surface area contributed by atoms with Crippen molar-refractivity contribution in [3.63, 3.8) is 0 Å². The van der Waals surface area contributed by atoms with Crippen LogP contribution in [0.1, 0.15) is 38.2 Å². The molecule has 1 amide bonds. The molecule has 1 aromatic carbocycles. The van der Waals surface area contributed by atoms with Crippen molar-refractivity contribution < 1.29 is 4.79 Å². The molecule has 20 heavy (non-hydrogen) atoms. The van der Waals surface area contributed by atoms with Crippen molar-refractivity contribution in [3.05, 3.63) is 42.0 Å². The van der Waals surface area contributed by atoms with Crippen molar-refractivity contribution in [2.75, 3.05) is 5.32 Å². The summed E-state index contributed by atoms with van der Waals surface area (Å²) in [4.78, 5) is 12.4. The summed E-state index contributed by atoms with van der Waals surface area (Å²) in [5.74, 6) is 1.48. The third-order valence-electron chi connectivity index (χ3n) is 4.68. The summed E-state index contributed by atoms with van der Waals surface area (Å²) in [6.45, 7) is 2.14. The molecule has 1 saturated carbocycles. The summed E-state index contributed by atoms with van der Waals surface area (Å²) >= 11 is 0. The van der Waals surface area contributed by atoms with Gasteiger partial charge in [-0.15, -0.1) is 0 Å². The molecule has 2 heteroatoms. The zero-order valence-electron chi connectivity index (χ0n) is 12.1. The molecule has 3 atom stereocenters. The Morgan fingerprint density at radius 1 is 1.25 bits per heavy atom. The number of aryl methyl sites for hydroxylation is 1. The standard InChI is InChI=1S/C18H23NO/c1-2-13-9-11-14(12-10-13)19-18(20)17-15-7-5-3-4-6-8-16(15)17/h5,7,9-12,15-17H,2-4,6,8H2,1H3,(H,19,20)/t15-,16-,17-/m1/s1. The van der Waals surface area contributed by atoms with Gasteiger partial charge in [0.25, 0.3) is 0 Å². The number of allylic oxidation sites excluding steroid dienone is 2. The van der Waals surface area contributed by atoms with E-state index in [9.17, 15) is 4.79 Å². The quantitative estimate of drug-likeness (QED) is 0.819. The van der Waals surface area contributed by atoms with Crippen LogP contribution in [0.4, 0.5) is 5.69 Å². The van der Waals surface area contributed by atoms with Gasteiger partial charge in [0, 0.05) is 11.6 Å². The maximum absolute atomic E-state index is 12.4. The molecule has 0 aromatic heterocycles. The highest BCUT2D eigenvalue weighted by atomic mass is 16.2. The average molecular weight is 269 g/mol. The van der Waals surface area contributed by atoms with Crippen LogP contribution in [-0.2, 0) is 11.2 Å². The van der Waals surface area contributed by atoms with Gasteiger partial charge in [0.1, 0.15) is 0 Å². The van der Waals surface area contributed by atoms with Gasteiger partial charge in [0.2, 0.25) is 5.91 Å². The van der Waals surface area contributed by atoms with Gasteiger partial charge in [-0.25, -0.2) is 0 Å². The Bertz CT molecular complexity index is 503. The van der Waals surface area contributed by atoms with E-state index in [0.29, 0.717) is 11.8 Å². The molecule has 0 unspecified atom stereocenters. The van der Waals surface area contributed by atoms with E-state index in [4.69, 9.17) is 0 Å². The van der Waals surface area contributed by atoms with Crippen molar-refractivity contribution in [3.8, 4) is 0 Å². The first-order valence-electron chi connectivity index (χ1n) is 7.86. The highest BCUT2D eigenvalue weighted by Gasteiger charge is 2.52. The zero-order valence-corrected chi connectivity index (χ0v) is 12.1. The van der Waals surface area contributed by atoms with E-state index in [-0.39, 0.29) is 11.8 Å². The second-order valence-electron chi connectivity index (χ2n) is 6.02. The Hall–Kier alpha value is -1.57. The van der Waals surface area contributed by atoms with E-state index in [2.05, 4.69) is 36.5 Å². The predicted molar refractivity (Wildman–Crippen MR) is 82.5 cm³/mol. The van der Waals surface area contributed by atoms with E-state index in [1.54, 1.807) is 0 Å². The lowest BCUT2D eigenvalue weighted by Crippen LogP contribution is -2.15. The first-order chi connectivity index (χ1) is 9.79. The van der Waals surface area contributed by atoms with Crippen LogP contribution in [0, 0.1) is 17.8 Å². The van der Waals surface area contributed by atoms with Crippen molar-refractivity contribution in [2.45, 2.75) is 39.0 Å². The molecule has 1 fully saturated rings. The Labute approximate surface area is 121 Å². The van der Waals surface area contributed by atoms with Gasteiger partial charge in [0.15, 0.2) is 0 Å². The molecule has 2 aliphatic carbocycles. The van der Waals surface area contributed by atoms with Crippen molar-refractivity contribution in [2.24, 2.45) is 17.8 Å². The largest absolute Gasteiger partial charge is 0.326 e. The molecule has 106 valence electrons. The summed E-state index contributed by atoms with van der Waals surface area (Å²) in [5, 5.41) is 3.08. The fourth-order valence-corrected chi connectivity index (χ4v) is 3.35. The van der Waals surface area contributed by atoms with E-state index in [0.717, 1.165) is 12.1 Å². The van der Waals surface area contributed by atoms with Gasteiger partial charge in [-0.1, -0.05) is 37.6 Å². The number of anilines is 1. The Morgan fingerprint density at radius 3 is 2.80 bits per heavy atom. The first kappa shape index (κ1) is 13.4. The molecule has 1 N–H and O–H groups in total. The summed E-state index contributed by atoms with van der Waals surface area (Å²) < 4.78 is 0. The highest BCUT2D eigenvalue weighted by Crippen LogP contribution is 2.51. The van der Waals surface area contributed by atoms with Gasteiger partial charge < -0.3 is 5.32 Å². The minimum absolute atomic E-state index is 0.204. The van der Waals surface area contributed by atoms with Crippen molar-refractivity contribution in [1.82, 2.24) is 0 Å². The molecule has 0 heterocycles. The molecule has 3 rings (SSSR count). The fourth-order valence-electron chi connectivity index (χ4n) is 3.35. The Morgan fingerprint density at radius 2 is 2.05 bits per heavy atom. The van der Waals surface area contributed by atoms with Gasteiger partial charge in [-0.3, -0.25) is 4.79 Å². The van der Waals surface area contributed by atoms with E-state index >= 15 is 0 Å². The lowest BCUT2D eigenvalue weighted by molar-refractivity contribution is -0.117. The highest BCUT2D eigenvalue weighted by molar-refractivity contribution is 5.95. The molecular weight excluding hydrogens is 246 g/mol. The number of carbonyl (C=O) groups excluding carboxylic acids is 1. The van der Waals surface area contributed by atoms with Crippen molar-refractivity contribution >= 4 is 11.6 Å². The number of fused-ring (bicyclic) bond motifs is 1. The molecule has 1 aromatic rings. The van der Waals surface area contributed by atoms with Crippen LogP contribution >= 0.6 is 0 Å². The molecule has 0 saturated heterocycles. The van der Waals surface area contributed by atoms with Crippen LogP contribution in [0.25, 0.3) is 0 Å². The molecule has 0 bridgehead atoms. The molecule has 2 nitrogen and oxygen atoms in total. The number of amides is 1. The lowest BCUT2D eigenvalue weighted by atomic mass is 10.1. The maximum Gasteiger partial charge on any atom is 0.228 e. The van der Waals surface area contributed by atoms with Gasteiger partial charge >= 0.3 is 0 Å². The van der Waals surface area contributed by atoms with Crippen LogP contribution in [0.3, 0.4) is 0 Å².